The van der Waals surface area contributed by atoms with E-state index in [1.807, 2.05) is 60.7 Å². The number of nitrogens with zero attached hydrogens (tertiary/aromatic N) is 4. The van der Waals surface area contributed by atoms with Crippen LogP contribution in [0, 0.1) is 0 Å². The Morgan fingerprint density at radius 1 is 0.632 bits per heavy atom. The number of para-hydroxylation sites is 2. The molecule has 2 aromatic heterocycles. The van der Waals surface area contributed by atoms with Crippen molar-refractivity contribution in [2.24, 2.45) is 15.7 Å². The minimum Gasteiger partial charge on any atom is -0.383 e. The number of fused-ring (bicyclic) bond motifs is 6. The first-order valence-corrected chi connectivity index (χ1v) is 20.2. The third kappa shape index (κ3) is 6.23. The second-order valence-corrected chi connectivity index (χ2v) is 14.9. The minimum absolute atomic E-state index is 0.219. The molecule has 0 spiro atoms. The Labute approximate surface area is 338 Å². The largest absolute Gasteiger partial charge is 0.383 e. The Morgan fingerprint density at radius 3 is 2.11 bits per heavy atom. The van der Waals surface area contributed by atoms with E-state index in [0.29, 0.717) is 18.2 Å². The topological polar surface area (TPSA) is 60.6 Å². The lowest BCUT2D eigenvalue weighted by molar-refractivity contribution is 0.632. The van der Waals surface area contributed by atoms with E-state index >= 15 is 0 Å². The standard InChI is InChI=1S/C50H39N5.CH4S/c1-50(2)42-21-10-12-23-44(42)54-29-28-37-31-41-40-20-9-11-22-43(40)55(47(41)45(50)46(37)54)39-26-24-34(25-27-39)36-18-13-19-38(30-36)48(51)53-49(35-16-7-4-8-17-35)52-32-33-14-5-3-6-15-33;1-2/h3-31H,32H2,1-2H3,(H2,51,52,53);2H,1H3. The first-order chi connectivity index (χ1) is 28.0. The molecule has 1 aliphatic rings. The van der Waals surface area contributed by atoms with Crippen molar-refractivity contribution in [3.05, 3.63) is 204 Å². The molecular formula is C51H43N5S. The van der Waals surface area contributed by atoms with Gasteiger partial charge in [-0.2, -0.15) is 12.6 Å². The maximum atomic E-state index is 6.73. The fraction of sp³-hybridized carbons (Fsp3) is 0.0980. The zero-order valence-electron chi connectivity index (χ0n) is 32.3. The van der Waals surface area contributed by atoms with E-state index in [1.54, 1.807) is 6.26 Å². The Morgan fingerprint density at radius 2 is 1.32 bits per heavy atom. The number of amidine groups is 2. The molecule has 7 aromatic carbocycles. The number of hydrogen-bond donors (Lipinski definition) is 2. The van der Waals surface area contributed by atoms with Crippen LogP contribution in [0.4, 0.5) is 0 Å². The molecule has 2 N–H and O–H groups in total. The van der Waals surface area contributed by atoms with E-state index in [0.717, 1.165) is 33.5 Å². The third-order valence-electron chi connectivity index (χ3n) is 11.2. The zero-order valence-corrected chi connectivity index (χ0v) is 33.2. The first kappa shape index (κ1) is 36.0. The molecule has 0 atom stereocenters. The van der Waals surface area contributed by atoms with Crippen LogP contribution in [-0.2, 0) is 12.0 Å². The van der Waals surface area contributed by atoms with Crippen molar-refractivity contribution in [3.63, 3.8) is 0 Å². The van der Waals surface area contributed by atoms with Gasteiger partial charge in [0.2, 0.25) is 0 Å². The van der Waals surface area contributed by atoms with Gasteiger partial charge in [0.25, 0.3) is 0 Å². The van der Waals surface area contributed by atoms with Crippen molar-refractivity contribution >= 4 is 57.0 Å². The summed E-state index contributed by atoms with van der Waals surface area (Å²) < 4.78 is 4.85. The Balaban J connectivity index is 0.00000208. The van der Waals surface area contributed by atoms with Gasteiger partial charge in [-0.1, -0.05) is 141 Å². The van der Waals surface area contributed by atoms with Crippen LogP contribution in [0.1, 0.15) is 41.7 Å². The maximum Gasteiger partial charge on any atom is 0.157 e. The van der Waals surface area contributed by atoms with Crippen molar-refractivity contribution in [2.75, 3.05) is 6.26 Å². The van der Waals surface area contributed by atoms with Gasteiger partial charge in [-0.25, -0.2) is 4.99 Å². The number of thiol groups is 1. The lowest BCUT2D eigenvalue weighted by Gasteiger charge is -2.35. The SMILES string of the molecule is CC1(C)c2ccccc2-n2ccc3cc4c5ccccc5n(-c5ccc(-c6cccc(C(N)=NC(=NCc7ccccc7)c7ccccc7)c6)cc5)c4c1c32.CS. The van der Waals surface area contributed by atoms with Gasteiger partial charge in [-0.15, -0.1) is 0 Å². The van der Waals surface area contributed by atoms with Crippen molar-refractivity contribution in [1.29, 1.82) is 0 Å². The van der Waals surface area contributed by atoms with E-state index in [2.05, 4.69) is 151 Å². The van der Waals surface area contributed by atoms with Gasteiger partial charge in [0.05, 0.1) is 23.1 Å². The molecule has 6 heteroatoms. The molecule has 3 heterocycles. The fourth-order valence-electron chi connectivity index (χ4n) is 8.53. The van der Waals surface area contributed by atoms with Crippen LogP contribution in [0.5, 0.6) is 0 Å². The summed E-state index contributed by atoms with van der Waals surface area (Å²) in [6, 6.07) is 59.7. The molecule has 1 aliphatic heterocycles. The highest BCUT2D eigenvalue weighted by Crippen LogP contribution is 2.49. The van der Waals surface area contributed by atoms with E-state index in [1.165, 1.54) is 49.5 Å². The summed E-state index contributed by atoms with van der Waals surface area (Å²) in [5.74, 6) is 1.03. The molecule has 0 bridgehead atoms. The Hall–Kier alpha value is -6.63. The molecule has 0 amide bonds. The summed E-state index contributed by atoms with van der Waals surface area (Å²) in [6.45, 7) is 5.27. The summed E-state index contributed by atoms with van der Waals surface area (Å²) in [4.78, 5) is 9.77. The van der Waals surface area contributed by atoms with Gasteiger partial charge in [-0.3, -0.25) is 4.99 Å². The monoisotopic (exact) mass is 757 g/mol. The zero-order chi connectivity index (χ0) is 39.1. The van der Waals surface area contributed by atoms with Crippen LogP contribution in [0.15, 0.2) is 186 Å². The van der Waals surface area contributed by atoms with Crippen molar-refractivity contribution < 1.29 is 0 Å². The van der Waals surface area contributed by atoms with E-state index in [4.69, 9.17) is 15.7 Å². The summed E-state index contributed by atoms with van der Waals surface area (Å²) in [5, 5.41) is 3.80. The van der Waals surface area contributed by atoms with Crippen molar-refractivity contribution in [2.45, 2.75) is 25.8 Å². The van der Waals surface area contributed by atoms with Crippen LogP contribution in [0.3, 0.4) is 0 Å². The molecule has 278 valence electrons. The molecule has 0 saturated carbocycles. The predicted octanol–water partition coefficient (Wildman–Crippen LogP) is 11.9. The maximum absolute atomic E-state index is 6.73. The Bertz CT molecular complexity index is 2970. The van der Waals surface area contributed by atoms with E-state index < -0.39 is 0 Å². The number of nitrogens with two attached hydrogens (primary N) is 1. The van der Waals surface area contributed by atoms with Crippen LogP contribution in [-0.4, -0.2) is 27.1 Å². The van der Waals surface area contributed by atoms with Gasteiger partial charge < -0.3 is 14.9 Å². The molecule has 0 aliphatic carbocycles. The van der Waals surface area contributed by atoms with Gasteiger partial charge in [-0.05, 0) is 71.0 Å². The summed E-state index contributed by atoms with van der Waals surface area (Å²) >= 11 is 3.53. The number of aromatic nitrogens is 2. The molecule has 9 aromatic rings. The van der Waals surface area contributed by atoms with Crippen LogP contribution < -0.4 is 5.73 Å². The molecule has 0 unspecified atom stereocenters. The molecule has 0 radical (unpaired) electrons. The van der Waals surface area contributed by atoms with Crippen molar-refractivity contribution in [1.82, 2.24) is 9.13 Å². The van der Waals surface area contributed by atoms with Crippen LogP contribution in [0.2, 0.25) is 0 Å². The van der Waals surface area contributed by atoms with Crippen LogP contribution >= 0.6 is 12.6 Å². The second-order valence-electron chi connectivity index (χ2n) is 14.9. The normalized spacial score (nSPS) is 13.4. The quantitative estimate of drug-likeness (QED) is 0.0990. The van der Waals surface area contributed by atoms with Gasteiger partial charge in [0.1, 0.15) is 5.84 Å². The summed E-state index contributed by atoms with van der Waals surface area (Å²) in [5.41, 5.74) is 20.4. The lowest BCUT2D eigenvalue weighted by atomic mass is 9.74. The molecular weight excluding hydrogens is 715 g/mol. The first-order valence-electron chi connectivity index (χ1n) is 19.3. The second kappa shape index (κ2) is 14.8. The van der Waals surface area contributed by atoms with Gasteiger partial charge >= 0.3 is 0 Å². The predicted molar refractivity (Wildman–Crippen MR) is 244 cm³/mol. The minimum atomic E-state index is -0.219. The average Bonchev–Trinajstić information content (AvgIpc) is 3.84. The number of benzene rings is 7. The molecule has 57 heavy (non-hydrogen) atoms. The third-order valence-corrected chi connectivity index (χ3v) is 11.2. The van der Waals surface area contributed by atoms with Gasteiger partial charge in [0.15, 0.2) is 5.84 Å². The highest BCUT2D eigenvalue weighted by molar-refractivity contribution is 7.79. The average molecular weight is 758 g/mol. The summed E-state index contributed by atoms with van der Waals surface area (Å²) in [6.07, 6.45) is 3.92. The lowest BCUT2D eigenvalue weighted by Crippen LogP contribution is -2.27. The molecule has 0 saturated heterocycles. The number of rotatable bonds is 6. The highest BCUT2D eigenvalue weighted by atomic mass is 32.1. The molecule has 0 fully saturated rings. The summed E-state index contributed by atoms with van der Waals surface area (Å²) in [7, 11) is 0. The highest BCUT2D eigenvalue weighted by Gasteiger charge is 2.37. The van der Waals surface area contributed by atoms with Crippen molar-refractivity contribution in [3.8, 4) is 22.5 Å². The number of aliphatic imine (C=N–C) groups is 2. The smallest absolute Gasteiger partial charge is 0.157 e. The Kier molecular flexibility index (Phi) is 9.35. The fourth-order valence-corrected chi connectivity index (χ4v) is 8.53. The molecule has 5 nitrogen and oxygen atoms in total. The van der Waals surface area contributed by atoms with Crippen LogP contribution in [0.25, 0.3) is 55.2 Å². The number of hydrogen-bond acceptors (Lipinski definition) is 2. The van der Waals surface area contributed by atoms with Gasteiger partial charge in [0, 0.05) is 55.8 Å². The van der Waals surface area contributed by atoms with E-state index in [-0.39, 0.29) is 5.41 Å². The molecule has 10 rings (SSSR count). The van der Waals surface area contributed by atoms with E-state index in [9.17, 15) is 0 Å².